The number of aliphatic hydroxyl groups is 1. The number of hydrogen-bond donors (Lipinski definition) is 3. The number of esters is 1. The first-order valence-electron chi connectivity index (χ1n) is 12.5. The van der Waals surface area contributed by atoms with E-state index in [9.17, 15) is 9.59 Å². The lowest BCUT2D eigenvalue weighted by molar-refractivity contribution is -0.142. The Morgan fingerprint density at radius 2 is 1.61 bits per heavy atom. The quantitative estimate of drug-likeness (QED) is 0.315. The van der Waals surface area contributed by atoms with Crippen molar-refractivity contribution in [2.45, 2.75) is 114 Å². The SMILES string of the molecule is CCCO.CCOC(=O)CC.O=C(Nc1ncc(S)s1)N(C1CCCCC1)C1CCCCC1. The molecule has 0 aliphatic heterocycles. The summed E-state index contributed by atoms with van der Waals surface area (Å²) >= 11 is 5.69. The van der Waals surface area contributed by atoms with Gasteiger partial charge >= 0.3 is 12.0 Å². The van der Waals surface area contributed by atoms with Gasteiger partial charge < -0.3 is 14.7 Å². The summed E-state index contributed by atoms with van der Waals surface area (Å²) in [4.78, 5) is 29.4. The van der Waals surface area contributed by atoms with Crippen LogP contribution in [0, 0.1) is 0 Å². The number of carbonyl (C=O) groups excluding carboxylic acids is 2. The summed E-state index contributed by atoms with van der Waals surface area (Å²) in [5.74, 6) is -0.123. The van der Waals surface area contributed by atoms with Crippen molar-refractivity contribution >= 4 is 41.1 Å². The molecule has 2 N–H and O–H groups in total. The standard InChI is InChI=1S/C16H25N3OS2.C5H10O2.C3H8O/c20-16(18-15-17-11-14(21)22-15)19(12-7-3-1-4-8-12)13-9-5-2-6-10-13;1-3-5(6)7-4-2;1-2-3-4/h11-13,21H,1-10H2,(H,17,18,20);3-4H2,1-2H3;4H,2-3H2,1H3. The van der Waals surface area contributed by atoms with Gasteiger partial charge in [0.25, 0.3) is 0 Å². The highest BCUT2D eigenvalue weighted by Crippen LogP contribution is 2.31. The van der Waals surface area contributed by atoms with Crippen LogP contribution in [0.5, 0.6) is 0 Å². The van der Waals surface area contributed by atoms with Crippen LogP contribution in [0.1, 0.15) is 97.8 Å². The van der Waals surface area contributed by atoms with Crippen LogP contribution in [0.3, 0.4) is 0 Å². The third-order valence-corrected chi connectivity index (χ3v) is 6.80. The highest BCUT2D eigenvalue weighted by atomic mass is 32.2. The van der Waals surface area contributed by atoms with Crippen molar-refractivity contribution in [1.82, 2.24) is 9.88 Å². The normalized spacial score (nSPS) is 16.5. The molecule has 190 valence electrons. The zero-order valence-electron chi connectivity index (χ0n) is 20.6. The lowest BCUT2D eigenvalue weighted by Gasteiger charge is -2.41. The molecule has 2 aliphatic carbocycles. The lowest BCUT2D eigenvalue weighted by atomic mass is 9.89. The maximum Gasteiger partial charge on any atom is 0.324 e. The van der Waals surface area contributed by atoms with E-state index in [2.05, 4.69) is 32.6 Å². The number of nitrogens with one attached hydrogen (secondary N) is 1. The summed E-state index contributed by atoms with van der Waals surface area (Å²) in [7, 11) is 0. The molecule has 1 aromatic heterocycles. The average molecular weight is 502 g/mol. The van der Waals surface area contributed by atoms with Gasteiger partial charge in [0.1, 0.15) is 0 Å². The summed E-state index contributed by atoms with van der Waals surface area (Å²) in [5.41, 5.74) is 0. The topological polar surface area (TPSA) is 91.8 Å². The van der Waals surface area contributed by atoms with Gasteiger partial charge in [0.15, 0.2) is 5.13 Å². The molecule has 0 saturated heterocycles. The molecule has 3 rings (SSSR count). The van der Waals surface area contributed by atoms with Crippen molar-refractivity contribution in [2.75, 3.05) is 18.5 Å². The Labute approximate surface area is 209 Å². The molecule has 0 bridgehead atoms. The fraction of sp³-hybridized carbons (Fsp3) is 0.792. The Balaban J connectivity index is 0.000000415. The maximum absolute atomic E-state index is 12.9. The van der Waals surface area contributed by atoms with E-state index in [1.54, 1.807) is 20.0 Å². The molecule has 0 atom stereocenters. The summed E-state index contributed by atoms with van der Waals surface area (Å²) < 4.78 is 5.38. The van der Waals surface area contributed by atoms with Crippen LogP contribution in [-0.4, -0.2) is 52.3 Å². The number of hydrogen-bond acceptors (Lipinski definition) is 7. The second-order valence-electron chi connectivity index (χ2n) is 8.31. The molecule has 1 aromatic rings. The first-order valence-corrected chi connectivity index (χ1v) is 13.7. The van der Waals surface area contributed by atoms with Crippen molar-refractivity contribution in [1.29, 1.82) is 0 Å². The molecule has 0 aromatic carbocycles. The minimum atomic E-state index is -0.123. The van der Waals surface area contributed by atoms with Gasteiger partial charge in [-0.2, -0.15) is 0 Å². The average Bonchev–Trinajstić information content (AvgIpc) is 3.25. The van der Waals surface area contributed by atoms with E-state index in [-0.39, 0.29) is 12.0 Å². The molecule has 2 aliphatic rings. The van der Waals surface area contributed by atoms with Crippen molar-refractivity contribution in [2.24, 2.45) is 0 Å². The van der Waals surface area contributed by atoms with Crippen LogP contribution < -0.4 is 5.32 Å². The minimum Gasteiger partial charge on any atom is -0.466 e. The molecule has 2 saturated carbocycles. The molecule has 1 heterocycles. The number of rotatable bonds is 6. The van der Waals surface area contributed by atoms with Gasteiger partial charge in [0.2, 0.25) is 0 Å². The third-order valence-electron chi connectivity index (χ3n) is 5.70. The number of ether oxygens (including phenoxy) is 1. The Hall–Kier alpha value is -1.32. The highest BCUT2D eigenvalue weighted by molar-refractivity contribution is 7.83. The van der Waals surface area contributed by atoms with Crippen molar-refractivity contribution in [3.05, 3.63) is 6.20 Å². The Morgan fingerprint density at radius 3 is 1.94 bits per heavy atom. The highest BCUT2D eigenvalue weighted by Gasteiger charge is 2.32. The molecular formula is C24H43N3O4S2. The predicted octanol–water partition coefficient (Wildman–Crippen LogP) is 6.28. The van der Waals surface area contributed by atoms with Crippen molar-refractivity contribution < 1.29 is 19.4 Å². The molecule has 2 amide bonds. The molecule has 33 heavy (non-hydrogen) atoms. The van der Waals surface area contributed by atoms with Crippen molar-refractivity contribution in [3.8, 4) is 0 Å². The Bertz CT molecular complexity index is 640. The lowest BCUT2D eigenvalue weighted by Crippen LogP contribution is -2.50. The fourth-order valence-electron chi connectivity index (χ4n) is 4.09. The van der Waals surface area contributed by atoms with E-state index in [0.717, 1.165) is 36.3 Å². The number of urea groups is 1. The second-order valence-corrected chi connectivity index (χ2v) is 10.1. The van der Waals surface area contributed by atoms with Crippen LogP contribution in [0.4, 0.5) is 9.93 Å². The van der Waals surface area contributed by atoms with Crippen LogP contribution in [0.15, 0.2) is 10.4 Å². The van der Waals surface area contributed by atoms with Gasteiger partial charge in [-0.1, -0.05) is 63.7 Å². The van der Waals surface area contributed by atoms with E-state index in [4.69, 9.17) is 5.11 Å². The molecule has 2 fully saturated rings. The largest absolute Gasteiger partial charge is 0.466 e. The van der Waals surface area contributed by atoms with E-state index >= 15 is 0 Å². The second kappa shape index (κ2) is 18.1. The number of aliphatic hydroxyl groups excluding tert-OH is 1. The van der Waals surface area contributed by atoms with Gasteiger partial charge in [-0.3, -0.25) is 10.1 Å². The van der Waals surface area contributed by atoms with E-state index in [1.165, 1.54) is 49.9 Å². The van der Waals surface area contributed by atoms with Gasteiger partial charge in [0, 0.05) is 25.1 Å². The van der Waals surface area contributed by atoms with Crippen LogP contribution in [0.25, 0.3) is 0 Å². The number of thiazole rings is 1. The number of amides is 2. The van der Waals surface area contributed by atoms with Gasteiger partial charge in [-0.25, -0.2) is 9.78 Å². The monoisotopic (exact) mass is 501 g/mol. The van der Waals surface area contributed by atoms with Crippen LogP contribution in [-0.2, 0) is 9.53 Å². The molecule has 0 unspecified atom stereocenters. The zero-order chi connectivity index (χ0) is 24.5. The van der Waals surface area contributed by atoms with E-state index in [0.29, 0.717) is 36.8 Å². The van der Waals surface area contributed by atoms with Crippen LogP contribution >= 0.6 is 24.0 Å². The first kappa shape index (κ1) is 29.7. The third kappa shape index (κ3) is 12.1. The smallest absolute Gasteiger partial charge is 0.324 e. The number of anilines is 1. The molecular weight excluding hydrogens is 458 g/mol. The van der Waals surface area contributed by atoms with E-state index < -0.39 is 0 Å². The number of nitrogens with zero attached hydrogens (tertiary/aromatic N) is 2. The predicted molar refractivity (Wildman–Crippen MR) is 138 cm³/mol. The molecule has 0 radical (unpaired) electrons. The van der Waals surface area contributed by atoms with E-state index in [1.807, 2.05) is 6.92 Å². The molecule has 7 nitrogen and oxygen atoms in total. The fourth-order valence-corrected chi connectivity index (χ4v) is 4.96. The number of carbonyl (C=O) groups is 2. The van der Waals surface area contributed by atoms with Crippen molar-refractivity contribution in [3.63, 3.8) is 0 Å². The van der Waals surface area contributed by atoms with Gasteiger partial charge in [-0.15, -0.1) is 12.6 Å². The Kier molecular flexibility index (Phi) is 16.3. The Morgan fingerprint density at radius 1 is 1.09 bits per heavy atom. The summed E-state index contributed by atoms with van der Waals surface area (Å²) in [5, 5.41) is 11.5. The molecule has 9 heteroatoms. The summed E-state index contributed by atoms with van der Waals surface area (Å²) in [6.45, 7) is 6.32. The number of aromatic nitrogens is 1. The van der Waals surface area contributed by atoms with Crippen LogP contribution in [0.2, 0.25) is 0 Å². The maximum atomic E-state index is 12.9. The first-order chi connectivity index (χ1) is 16.0. The molecule has 0 spiro atoms. The summed E-state index contributed by atoms with van der Waals surface area (Å²) in [6.07, 6.45) is 15.3. The van der Waals surface area contributed by atoms with Gasteiger partial charge in [-0.05, 0) is 39.0 Å². The summed E-state index contributed by atoms with van der Waals surface area (Å²) in [6, 6.07) is 0.862. The minimum absolute atomic E-state index is 0.0430. The number of thiol groups is 1. The van der Waals surface area contributed by atoms with Gasteiger partial charge in [0.05, 0.1) is 17.0 Å². The zero-order valence-corrected chi connectivity index (χ0v) is 22.3.